The molecule has 1 heterocycles. The van der Waals surface area contributed by atoms with Crippen molar-refractivity contribution in [3.05, 3.63) is 47.8 Å². The second-order valence-electron chi connectivity index (χ2n) is 6.25. The smallest absolute Gasteiger partial charge is 0.233 e. The minimum atomic E-state index is -0.297. The summed E-state index contributed by atoms with van der Waals surface area (Å²) in [6, 6.07) is 7.56. The van der Waals surface area contributed by atoms with Crippen LogP contribution in [0.2, 0.25) is 5.02 Å². The van der Waals surface area contributed by atoms with Gasteiger partial charge in [0, 0.05) is 12.6 Å². The van der Waals surface area contributed by atoms with E-state index in [0.717, 1.165) is 18.7 Å². The summed E-state index contributed by atoms with van der Waals surface area (Å²) >= 11 is 7.57. The molecule has 0 fully saturated rings. The number of carbonyl (C=O) groups excluding carboxylic acids is 1. The van der Waals surface area contributed by atoms with Crippen LogP contribution in [0.4, 0.5) is 0 Å². The van der Waals surface area contributed by atoms with Crippen molar-refractivity contribution in [2.45, 2.75) is 56.7 Å². The SMILES string of the molecule is C=CCNC(=O)C(C)Sc1nnc(COc2ccccc2Cl)n1C(CC)CC. The van der Waals surface area contributed by atoms with Gasteiger partial charge in [-0.1, -0.05) is 55.4 Å². The lowest BCUT2D eigenvalue weighted by molar-refractivity contribution is -0.120. The first-order valence-electron chi connectivity index (χ1n) is 9.38. The summed E-state index contributed by atoms with van der Waals surface area (Å²) in [5.41, 5.74) is 0. The number of benzene rings is 1. The molecule has 0 saturated heterocycles. The number of ether oxygens (including phenoxy) is 1. The van der Waals surface area contributed by atoms with Crippen molar-refractivity contribution in [2.24, 2.45) is 0 Å². The van der Waals surface area contributed by atoms with E-state index in [0.29, 0.717) is 22.5 Å². The van der Waals surface area contributed by atoms with E-state index in [1.54, 1.807) is 12.1 Å². The third kappa shape index (κ3) is 5.75. The molecule has 0 aliphatic carbocycles. The van der Waals surface area contributed by atoms with Gasteiger partial charge in [0.15, 0.2) is 11.0 Å². The molecule has 0 radical (unpaired) electrons. The molecular formula is C20H27ClN4O2S. The van der Waals surface area contributed by atoms with E-state index >= 15 is 0 Å². The Balaban J connectivity index is 2.20. The highest BCUT2D eigenvalue weighted by molar-refractivity contribution is 8.00. The average Bonchev–Trinajstić information content (AvgIpc) is 3.09. The molecule has 2 aromatic rings. The van der Waals surface area contributed by atoms with Crippen LogP contribution in [0.3, 0.4) is 0 Å². The van der Waals surface area contributed by atoms with Crippen molar-refractivity contribution < 1.29 is 9.53 Å². The molecule has 1 N–H and O–H groups in total. The van der Waals surface area contributed by atoms with E-state index in [-0.39, 0.29) is 23.8 Å². The standard InChI is InChI=1S/C20H27ClN4O2S/c1-5-12-22-19(26)14(4)28-20-24-23-18(25(20)15(6-2)7-3)13-27-17-11-9-8-10-16(17)21/h5,8-11,14-15H,1,6-7,12-13H2,2-4H3,(H,22,26). The molecule has 0 saturated carbocycles. The maximum atomic E-state index is 12.2. The van der Waals surface area contributed by atoms with Crippen LogP contribution in [-0.2, 0) is 11.4 Å². The zero-order valence-electron chi connectivity index (χ0n) is 16.5. The van der Waals surface area contributed by atoms with Crippen LogP contribution < -0.4 is 10.1 Å². The lowest BCUT2D eigenvalue weighted by Crippen LogP contribution is -2.31. The molecule has 152 valence electrons. The Labute approximate surface area is 175 Å². The molecule has 1 amide bonds. The number of aromatic nitrogens is 3. The number of thioether (sulfide) groups is 1. The van der Waals surface area contributed by atoms with E-state index in [1.165, 1.54) is 11.8 Å². The fourth-order valence-corrected chi connectivity index (χ4v) is 3.89. The molecule has 0 aliphatic rings. The zero-order chi connectivity index (χ0) is 20.5. The van der Waals surface area contributed by atoms with Crippen molar-refractivity contribution in [1.82, 2.24) is 20.1 Å². The molecule has 2 rings (SSSR count). The zero-order valence-corrected chi connectivity index (χ0v) is 18.1. The third-order valence-corrected chi connectivity index (χ3v) is 5.68. The minimum absolute atomic E-state index is 0.0575. The van der Waals surface area contributed by atoms with Crippen molar-refractivity contribution in [3.8, 4) is 5.75 Å². The van der Waals surface area contributed by atoms with Gasteiger partial charge in [-0.15, -0.1) is 16.8 Å². The molecular weight excluding hydrogens is 396 g/mol. The fraction of sp³-hybridized carbons (Fsp3) is 0.450. The van der Waals surface area contributed by atoms with E-state index < -0.39 is 0 Å². The summed E-state index contributed by atoms with van der Waals surface area (Å²) in [5.74, 6) is 1.27. The summed E-state index contributed by atoms with van der Waals surface area (Å²) in [5, 5.41) is 12.4. The van der Waals surface area contributed by atoms with Gasteiger partial charge in [0.25, 0.3) is 0 Å². The number of amides is 1. The van der Waals surface area contributed by atoms with Crippen LogP contribution in [0.25, 0.3) is 0 Å². The quantitative estimate of drug-likeness (QED) is 0.421. The van der Waals surface area contributed by atoms with Crippen LogP contribution in [0.1, 0.15) is 45.5 Å². The molecule has 0 bridgehead atoms. The Hall–Kier alpha value is -1.99. The first-order valence-corrected chi connectivity index (χ1v) is 10.6. The summed E-state index contributed by atoms with van der Waals surface area (Å²) in [4.78, 5) is 12.2. The molecule has 1 aromatic carbocycles. The van der Waals surface area contributed by atoms with Gasteiger partial charge in [0.05, 0.1) is 10.3 Å². The van der Waals surface area contributed by atoms with Crippen molar-refractivity contribution in [2.75, 3.05) is 6.54 Å². The van der Waals surface area contributed by atoms with E-state index in [2.05, 4.69) is 40.5 Å². The van der Waals surface area contributed by atoms with Gasteiger partial charge in [-0.25, -0.2) is 0 Å². The Bertz CT molecular complexity index is 792. The van der Waals surface area contributed by atoms with Crippen LogP contribution in [-0.4, -0.2) is 32.5 Å². The highest BCUT2D eigenvalue weighted by Crippen LogP contribution is 2.30. The van der Waals surface area contributed by atoms with Gasteiger partial charge in [-0.2, -0.15) is 0 Å². The van der Waals surface area contributed by atoms with Gasteiger partial charge < -0.3 is 14.6 Å². The summed E-state index contributed by atoms with van der Waals surface area (Å²) in [7, 11) is 0. The van der Waals surface area contributed by atoms with E-state index in [4.69, 9.17) is 16.3 Å². The number of hydrogen-bond donors (Lipinski definition) is 1. The summed E-state index contributed by atoms with van der Waals surface area (Å²) in [6.07, 6.45) is 3.52. The summed E-state index contributed by atoms with van der Waals surface area (Å²) in [6.45, 7) is 10.4. The highest BCUT2D eigenvalue weighted by Gasteiger charge is 2.23. The van der Waals surface area contributed by atoms with Crippen LogP contribution in [0.15, 0.2) is 42.1 Å². The number of rotatable bonds is 11. The number of carbonyl (C=O) groups is 1. The number of halogens is 1. The maximum Gasteiger partial charge on any atom is 0.233 e. The third-order valence-electron chi connectivity index (χ3n) is 4.31. The molecule has 0 spiro atoms. The van der Waals surface area contributed by atoms with Gasteiger partial charge in [-0.3, -0.25) is 4.79 Å². The van der Waals surface area contributed by atoms with E-state index in [9.17, 15) is 4.79 Å². The molecule has 28 heavy (non-hydrogen) atoms. The lowest BCUT2D eigenvalue weighted by atomic mass is 10.2. The van der Waals surface area contributed by atoms with Crippen molar-refractivity contribution in [1.29, 1.82) is 0 Å². The molecule has 0 aliphatic heterocycles. The number of nitrogens with zero attached hydrogens (tertiary/aromatic N) is 3. The van der Waals surface area contributed by atoms with Crippen molar-refractivity contribution in [3.63, 3.8) is 0 Å². The van der Waals surface area contributed by atoms with Gasteiger partial charge >= 0.3 is 0 Å². The average molecular weight is 423 g/mol. The molecule has 1 aromatic heterocycles. The maximum absolute atomic E-state index is 12.2. The first-order chi connectivity index (χ1) is 13.5. The monoisotopic (exact) mass is 422 g/mol. The Morgan fingerprint density at radius 2 is 2.07 bits per heavy atom. The highest BCUT2D eigenvalue weighted by atomic mass is 35.5. The number of para-hydroxylation sites is 1. The summed E-state index contributed by atoms with van der Waals surface area (Å²) < 4.78 is 7.95. The van der Waals surface area contributed by atoms with E-state index in [1.807, 2.05) is 25.1 Å². The number of nitrogens with one attached hydrogen (secondary N) is 1. The normalized spacial score (nSPS) is 12.0. The van der Waals surface area contributed by atoms with Gasteiger partial charge in [0.2, 0.25) is 5.91 Å². The lowest BCUT2D eigenvalue weighted by Gasteiger charge is -2.20. The molecule has 1 unspecified atom stereocenters. The van der Waals surface area contributed by atoms with Crippen LogP contribution in [0.5, 0.6) is 5.75 Å². The Morgan fingerprint density at radius 3 is 2.71 bits per heavy atom. The molecule has 6 nitrogen and oxygen atoms in total. The van der Waals surface area contributed by atoms with Gasteiger partial charge in [-0.05, 0) is 31.9 Å². The second kappa shape index (κ2) is 11.1. The second-order valence-corrected chi connectivity index (χ2v) is 7.97. The fourth-order valence-electron chi connectivity index (χ4n) is 2.74. The van der Waals surface area contributed by atoms with Crippen LogP contribution in [0, 0.1) is 0 Å². The molecule has 1 atom stereocenters. The predicted octanol–water partition coefficient (Wildman–Crippen LogP) is 4.65. The Kier molecular flexibility index (Phi) is 8.86. The van der Waals surface area contributed by atoms with Gasteiger partial charge in [0.1, 0.15) is 12.4 Å². The molecule has 8 heteroatoms. The predicted molar refractivity (Wildman–Crippen MR) is 114 cm³/mol. The minimum Gasteiger partial charge on any atom is -0.484 e. The Morgan fingerprint density at radius 1 is 1.36 bits per heavy atom. The first kappa shape index (κ1) is 22.3. The number of hydrogen-bond acceptors (Lipinski definition) is 5. The largest absolute Gasteiger partial charge is 0.484 e. The van der Waals surface area contributed by atoms with Crippen LogP contribution >= 0.6 is 23.4 Å². The topological polar surface area (TPSA) is 69.0 Å². The van der Waals surface area contributed by atoms with Crippen molar-refractivity contribution >= 4 is 29.3 Å².